The number of carbonyl (C=O) groups excluding carboxylic acids is 1. The molecule has 0 spiro atoms. The summed E-state index contributed by atoms with van der Waals surface area (Å²) in [6.07, 6.45) is 1.85. The first-order valence-electron chi connectivity index (χ1n) is 10.2. The van der Waals surface area contributed by atoms with Gasteiger partial charge >= 0.3 is 0 Å². The number of fused-ring (bicyclic) bond motifs is 2. The average molecular weight is 392 g/mol. The fourth-order valence-electron chi connectivity index (χ4n) is 4.03. The Hall–Kier alpha value is -3.00. The van der Waals surface area contributed by atoms with Gasteiger partial charge in [-0.25, -0.2) is 0 Å². The van der Waals surface area contributed by atoms with Crippen LogP contribution in [0.15, 0.2) is 36.4 Å². The van der Waals surface area contributed by atoms with Gasteiger partial charge in [0.15, 0.2) is 11.5 Å². The van der Waals surface area contributed by atoms with Crippen LogP contribution in [0, 0.1) is 0 Å². The molecular formula is C21H24N6O2. The maximum Gasteiger partial charge on any atom is 0.223 e. The van der Waals surface area contributed by atoms with Crippen molar-refractivity contribution in [2.75, 3.05) is 37.7 Å². The summed E-state index contributed by atoms with van der Waals surface area (Å²) in [6.45, 7) is 4.53. The third kappa shape index (κ3) is 3.67. The number of nitrogens with zero attached hydrogens (tertiary/aromatic N) is 6. The van der Waals surface area contributed by atoms with Crippen molar-refractivity contribution in [1.29, 1.82) is 0 Å². The lowest BCUT2D eigenvalue weighted by Crippen LogP contribution is -2.37. The van der Waals surface area contributed by atoms with E-state index in [4.69, 9.17) is 9.84 Å². The van der Waals surface area contributed by atoms with E-state index in [0.29, 0.717) is 38.2 Å². The lowest BCUT2D eigenvalue weighted by Gasteiger charge is -2.29. The van der Waals surface area contributed by atoms with E-state index in [0.717, 1.165) is 37.7 Å². The van der Waals surface area contributed by atoms with E-state index in [9.17, 15) is 4.79 Å². The van der Waals surface area contributed by atoms with Crippen LogP contribution in [-0.4, -0.2) is 63.5 Å². The molecule has 2 aromatic heterocycles. The number of aromatic nitrogens is 4. The number of rotatable bonds is 4. The molecule has 3 aromatic rings. The molecule has 1 aromatic carbocycles. The maximum absolute atomic E-state index is 12.8. The van der Waals surface area contributed by atoms with E-state index in [2.05, 4.69) is 33.3 Å². The van der Waals surface area contributed by atoms with Crippen LogP contribution in [-0.2, 0) is 28.9 Å². The quantitative estimate of drug-likeness (QED) is 0.670. The molecule has 2 aliphatic rings. The van der Waals surface area contributed by atoms with E-state index in [1.54, 1.807) is 4.52 Å². The van der Waals surface area contributed by atoms with E-state index in [1.165, 1.54) is 11.1 Å². The predicted octanol–water partition coefficient (Wildman–Crippen LogP) is 1.48. The molecule has 150 valence electrons. The van der Waals surface area contributed by atoms with Crippen molar-refractivity contribution in [2.24, 2.45) is 0 Å². The Morgan fingerprint density at radius 1 is 1.00 bits per heavy atom. The molecule has 8 heteroatoms. The molecule has 8 nitrogen and oxygen atoms in total. The van der Waals surface area contributed by atoms with E-state index < -0.39 is 0 Å². The zero-order valence-electron chi connectivity index (χ0n) is 16.3. The van der Waals surface area contributed by atoms with E-state index in [-0.39, 0.29) is 5.91 Å². The number of benzene rings is 1. The molecule has 0 aliphatic carbocycles. The summed E-state index contributed by atoms with van der Waals surface area (Å²) in [7, 11) is 0. The fraction of sp³-hybridized carbons (Fsp3) is 0.429. The summed E-state index contributed by atoms with van der Waals surface area (Å²) in [5, 5.41) is 13.2. The fourth-order valence-corrected chi connectivity index (χ4v) is 4.03. The van der Waals surface area contributed by atoms with Gasteiger partial charge in [0.25, 0.3) is 0 Å². The Bertz CT molecular complexity index is 1030. The van der Waals surface area contributed by atoms with Gasteiger partial charge in [-0.3, -0.25) is 4.79 Å². The smallest absolute Gasteiger partial charge is 0.223 e. The minimum absolute atomic E-state index is 0.153. The number of ether oxygens (including phenoxy) is 1. The third-order valence-electron chi connectivity index (χ3n) is 5.69. The standard InChI is InChI=1S/C21H24N6O2/c28-21(26-10-9-16-3-1-2-4-17(16)15-26)8-7-19-23-22-18-5-6-20(24-27(18)19)25-11-13-29-14-12-25/h1-6H,7-15H2. The van der Waals surface area contributed by atoms with Crippen LogP contribution in [0.4, 0.5) is 5.82 Å². The number of carbonyl (C=O) groups is 1. The molecule has 5 rings (SSSR count). The highest BCUT2D eigenvalue weighted by Gasteiger charge is 2.21. The molecule has 1 fully saturated rings. The first kappa shape index (κ1) is 18.1. The molecule has 0 saturated carbocycles. The summed E-state index contributed by atoms with van der Waals surface area (Å²) in [5.41, 5.74) is 3.30. The Morgan fingerprint density at radius 3 is 2.69 bits per heavy atom. The highest BCUT2D eigenvalue weighted by molar-refractivity contribution is 5.76. The molecule has 0 bridgehead atoms. The van der Waals surface area contributed by atoms with Crippen molar-refractivity contribution >= 4 is 17.4 Å². The predicted molar refractivity (Wildman–Crippen MR) is 108 cm³/mol. The lowest BCUT2D eigenvalue weighted by atomic mass is 9.99. The largest absolute Gasteiger partial charge is 0.378 e. The van der Waals surface area contributed by atoms with Crippen molar-refractivity contribution in [3.8, 4) is 0 Å². The SMILES string of the molecule is O=C(CCc1nnc2ccc(N3CCOCC3)nn12)N1CCc2ccccc2C1. The first-order chi connectivity index (χ1) is 14.3. The minimum Gasteiger partial charge on any atom is -0.378 e. The molecule has 0 unspecified atom stereocenters. The van der Waals surface area contributed by atoms with Gasteiger partial charge in [0.2, 0.25) is 5.91 Å². The Morgan fingerprint density at radius 2 is 1.83 bits per heavy atom. The summed E-state index contributed by atoms with van der Waals surface area (Å²) >= 11 is 0. The van der Waals surface area contributed by atoms with Gasteiger partial charge in [-0.15, -0.1) is 15.3 Å². The van der Waals surface area contributed by atoms with Crippen LogP contribution >= 0.6 is 0 Å². The Balaban J connectivity index is 1.27. The molecule has 0 atom stereocenters. The van der Waals surface area contributed by atoms with Crippen LogP contribution in [0.1, 0.15) is 23.4 Å². The van der Waals surface area contributed by atoms with E-state index in [1.807, 2.05) is 23.1 Å². The van der Waals surface area contributed by atoms with Crippen molar-refractivity contribution in [3.05, 3.63) is 53.3 Å². The monoisotopic (exact) mass is 392 g/mol. The molecule has 2 aliphatic heterocycles. The van der Waals surface area contributed by atoms with Gasteiger partial charge in [-0.1, -0.05) is 24.3 Å². The van der Waals surface area contributed by atoms with Crippen molar-refractivity contribution in [2.45, 2.75) is 25.8 Å². The number of hydrogen-bond acceptors (Lipinski definition) is 6. The number of aryl methyl sites for hydroxylation is 1. The maximum atomic E-state index is 12.8. The van der Waals surface area contributed by atoms with Crippen LogP contribution in [0.3, 0.4) is 0 Å². The summed E-state index contributed by atoms with van der Waals surface area (Å²) < 4.78 is 7.19. The highest BCUT2D eigenvalue weighted by Crippen LogP contribution is 2.20. The minimum atomic E-state index is 0.153. The number of anilines is 1. The first-order valence-corrected chi connectivity index (χ1v) is 10.2. The van der Waals surface area contributed by atoms with E-state index >= 15 is 0 Å². The number of amides is 1. The molecular weight excluding hydrogens is 368 g/mol. The zero-order chi connectivity index (χ0) is 19.6. The summed E-state index contributed by atoms with van der Waals surface area (Å²) in [4.78, 5) is 16.9. The van der Waals surface area contributed by atoms with Crippen LogP contribution in [0.25, 0.3) is 5.65 Å². The van der Waals surface area contributed by atoms with Crippen LogP contribution < -0.4 is 4.90 Å². The second-order valence-electron chi connectivity index (χ2n) is 7.51. The van der Waals surface area contributed by atoms with Crippen molar-refractivity contribution in [3.63, 3.8) is 0 Å². The second-order valence-corrected chi connectivity index (χ2v) is 7.51. The van der Waals surface area contributed by atoms with Crippen molar-refractivity contribution < 1.29 is 9.53 Å². The van der Waals surface area contributed by atoms with Crippen LogP contribution in [0.5, 0.6) is 0 Å². The van der Waals surface area contributed by atoms with Gasteiger partial charge in [0.1, 0.15) is 5.82 Å². The molecule has 1 saturated heterocycles. The number of morpholine rings is 1. The second kappa shape index (κ2) is 7.79. The molecule has 0 N–H and O–H groups in total. The van der Waals surface area contributed by atoms with Gasteiger partial charge in [0, 0.05) is 39.0 Å². The Labute approximate surface area is 169 Å². The zero-order valence-corrected chi connectivity index (χ0v) is 16.3. The molecule has 0 radical (unpaired) electrons. The topological polar surface area (TPSA) is 75.9 Å². The number of hydrogen-bond donors (Lipinski definition) is 0. The highest BCUT2D eigenvalue weighted by atomic mass is 16.5. The summed E-state index contributed by atoms with van der Waals surface area (Å²) in [6, 6.07) is 12.2. The molecule has 4 heterocycles. The normalized spacial score (nSPS) is 16.8. The van der Waals surface area contributed by atoms with Gasteiger partial charge in [0.05, 0.1) is 13.2 Å². The molecule has 1 amide bonds. The van der Waals surface area contributed by atoms with Gasteiger partial charge < -0.3 is 14.5 Å². The van der Waals surface area contributed by atoms with Crippen molar-refractivity contribution in [1.82, 2.24) is 24.7 Å². The Kier molecular flexibility index (Phi) is 4.85. The lowest BCUT2D eigenvalue weighted by molar-refractivity contribution is -0.132. The molecule has 29 heavy (non-hydrogen) atoms. The summed E-state index contributed by atoms with van der Waals surface area (Å²) in [5.74, 6) is 1.77. The van der Waals surface area contributed by atoms with Crippen LogP contribution in [0.2, 0.25) is 0 Å². The van der Waals surface area contributed by atoms with Gasteiger partial charge in [-0.2, -0.15) is 4.52 Å². The third-order valence-corrected chi connectivity index (χ3v) is 5.69. The average Bonchev–Trinajstić information content (AvgIpc) is 3.20. The van der Waals surface area contributed by atoms with Gasteiger partial charge in [-0.05, 0) is 29.7 Å².